The largest absolute Gasteiger partial charge is 0.490 e. The van der Waals surface area contributed by atoms with E-state index in [1.807, 2.05) is 25.3 Å². The number of aromatic amines is 1. The number of nitrogens with one attached hydrogen (secondary N) is 1. The van der Waals surface area contributed by atoms with E-state index >= 15 is 0 Å². The van der Waals surface area contributed by atoms with E-state index in [4.69, 9.17) is 10.5 Å². The van der Waals surface area contributed by atoms with Crippen LogP contribution in [0.1, 0.15) is 11.3 Å². The predicted octanol–water partition coefficient (Wildman–Crippen LogP) is 4.49. The molecule has 3 N–H and O–H groups in total. The van der Waals surface area contributed by atoms with Crippen molar-refractivity contribution in [3.8, 4) is 16.9 Å². The minimum Gasteiger partial charge on any atom is -0.490 e. The number of benzene rings is 2. The number of aryl methyl sites for hydroxylation is 1. The van der Waals surface area contributed by atoms with E-state index in [-0.39, 0.29) is 6.04 Å². The number of hydrogen-bond donors (Lipinski definition) is 2. The zero-order valence-electron chi connectivity index (χ0n) is 15.5. The summed E-state index contributed by atoms with van der Waals surface area (Å²) in [5.74, 6) is 0.722. The quantitative estimate of drug-likeness (QED) is 0.396. The van der Waals surface area contributed by atoms with Crippen LogP contribution in [0.25, 0.3) is 22.0 Å². The maximum Gasteiger partial charge on any atom is 0.138 e. The van der Waals surface area contributed by atoms with Gasteiger partial charge in [-0.15, -0.1) is 0 Å². The summed E-state index contributed by atoms with van der Waals surface area (Å²) in [7, 11) is 0. The Balaban J connectivity index is 1.45. The standard InChI is InChI=1S/C22H21IN4O/c1-14-21-10-16(5-6-22(21)27-26-14)17-9-20(12-25-11-17)28-13-19(24)8-15-3-2-4-18(23)7-15/h2-7,9-12,19H,8,13,24H2,1H3,(H,26,27)/t19-/m0/s1. The fourth-order valence-electron chi connectivity index (χ4n) is 3.21. The number of H-pyrrole nitrogens is 1. The average molecular weight is 484 g/mol. The molecule has 28 heavy (non-hydrogen) atoms. The summed E-state index contributed by atoms with van der Waals surface area (Å²) in [6.45, 7) is 2.44. The first kappa shape index (κ1) is 18.9. The van der Waals surface area contributed by atoms with Gasteiger partial charge in [0, 0.05) is 26.8 Å². The fraction of sp³-hybridized carbons (Fsp3) is 0.182. The van der Waals surface area contributed by atoms with Gasteiger partial charge in [0.1, 0.15) is 12.4 Å². The summed E-state index contributed by atoms with van der Waals surface area (Å²) in [4.78, 5) is 4.33. The second-order valence-electron chi connectivity index (χ2n) is 6.88. The molecule has 2 heterocycles. The van der Waals surface area contributed by atoms with Crippen LogP contribution in [0.3, 0.4) is 0 Å². The van der Waals surface area contributed by atoms with Crippen LogP contribution in [0.4, 0.5) is 0 Å². The van der Waals surface area contributed by atoms with Crippen molar-refractivity contribution < 1.29 is 4.74 Å². The van der Waals surface area contributed by atoms with Gasteiger partial charge < -0.3 is 10.5 Å². The van der Waals surface area contributed by atoms with Gasteiger partial charge in [-0.2, -0.15) is 5.10 Å². The average Bonchev–Trinajstić information content (AvgIpc) is 3.07. The van der Waals surface area contributed by atoms with Crippen LogP contribution < -0.4 is 10.5 Å². The molecule has 1 atom stereocenters. The van der Waals surface area contributed by atoms with Gasteiger partial charge in [0.2, 0.25) is 0 Å². The zero-order chi connectivity index (χ0) is 19.5. The first-order valence-electron chi connectivity index (χ1n) is 9.11. The smallest absolute Gasteiger partial charge is 0.138 e. The maximum absolute atomic E-state index is 6.26. The zero-order valence-corrected chi connectivity index (χ0v) is 17.7. The summed E-state index contributed by atoms with van der Waals surface area (Å²) in [5.41, 5.74) is 11.6. The van der Waals surface area contributed by atoms with Crippen molar-refractivity contribution in [1.82, 2.24) is 15.2 Å². The number of halogens is 1. The van der Waals surface area contributed by atoms with Gasteiger partial charge in [-0.25, -0.2) is 0 Å². The lowest BCUT2D eigenvalue weighted by Gasteiger charge is -2.14. The molecule has 0 aliphatic heterocycles. The molecule has 0 unspecified atom stereocenters. The van der Waals surface area contributed by atoms with Gasteiger partial charge in [0.05, 0.1) is 17.4 Å². The Kier molecular flexibility index (Phi) is 5.59. The van der Waals surface area contributed by atoms with Crippen molar-refractivity contribution in [2.75, 3.05) is 6.61 Å². The molecule has 5 nitrogen and oxygen atoms in total. The fourth-order valence-corrected chi connectivity index (χ4v) is 3.82. The molecule has 4 rings (SSSR count). The first-order chi connectivity index (χ1) is 13.6. The Morgan fingerprint density at radius 1 is 1.11 bits per heavy atom. The number of rotatable bonds is 6. The number of hydrogen-bond acceptors (Lipinski definition) is 4. The van der Waals surface area contributed by atoms with E-state index in [0.717, 1.165) is 39.9 Å². The number of nitrogens with two attached hydrogens (primary N) is 1. The first-order valence-corrected chi connectivity index (χ1v) is 10.2. The van der Waals surface area contributed by atoms with Crippen LogP contribution in [0.5, 0.6) is 5.75 Å². The summed E-state index contributed by atoms with van der Waals surface area (Å²) in [5, 5.41) is 8.40. The highest BCUT2D eigenvalue weighted by atomic mass is 127. The highest BCUT2D eigenvalue weighted by Crippen LogP contribution is 2.27. The third-order valence-corrected chi connectivity index (χ3v) is 5.32. The van der Waals surface area contributed by atoms with E-state index in [1.54, 1.807) is 6.20 Å². The SMILES string of the molecule is Cc1n[nH]c2ccc(-c3cncc(OC[C@@H](N)Cc4cccc(I)c4)c3)cc12. The molecule has 0 saturated heterocycles. The minimum absolute atomic E-state index is 0.0770. The lowest BCUT2D eigenvalue weighted by molar-refractivity contribution is 0.286. The Hall–Kier alpha value is -2.45. The molecule has 0 amide bonds. The van der Waals surface area contributed by atoms with Crippen molar-refractivity contribution in [2.45, 2.75) is 19.4 Å². The van der Waals surface area contributed by atoms with Crippen LogP contribution >= 0.6 is 22.6 Å². The molecule has 4 aromatic rings. The lowest BCUT2D eigenvalue weighted by Crippen LogP contribution is -2.30. The third kappa shape index (κ3) is 4.34. The summed E-state index contributed by atoms with van der Waals surface area (Å²) >= 11 is 2.31. The molecule has 0 saturated carbocycles. The van der Waals surface area contributed by atoms with E-state index in [0.29, 0.717) is 6.61 Å². The Labute approximate surface area is 177 Å². The third-order valence-electron chi connectivity index (χ3n) is 4.65. The van der Waals surface area contributed by atoms with Crippen molar-refractivity contribution in [3.05, 3.63) is 75.8 Å². The van der Waals surface area contributed by atoms with Crippen LogP contribution in [0.15, 0.2) is 60.9 Å². The van der Waals surface area contributed by atoms with Gasteiger partial charge in [0.25, 0.3) is 0 Å². The molecule has 0 aliphatic rings. The van der Waals surface area contributed by atoms with Gasteiger partial charge in [-0.3, -0.25) is 10.1 Å². The number of fused-ring (bicyclic) bond motifs is 1. The normalized spacial score (nSPS) is 12.2. The highest BCUT2D eigenvalue weighted by Gasteiger charge is 2.09. The van der Waals surface area contributed by atoms with Crippen LogP contribution in [0.2, 0.25) is 0 Å². The lowest BCUT2D eigenvalue weighted by atomic mass is 10.0. The van der Waals surface area contributed by atoms with Crippen molar-refractivity contribution in [1.29, 1.82) is 0 Å². The Bertz CT molecular complexity index is 1110. The number of nitrogens with zero attached hydrogens (tertiary/aromatic N) is 2. The van der Waals surface area contributed by atoms with Gasteiger partial charge >= 0.3 is 0 Å². The molecular formula is C22H21IN4O. The molecule has 0 radical (unpaired) electrons. The second kappa shape index (κ2) is 8.28. The Morgan fingerprint density at radius 3 is 2.86 bits per heavy atom. The predicted molar refractivity (Wildman–Crippen MR) is 120 cm³/mol. The summed E-state index contributed by atoms with van der Waals surface area (Å²) < 4.78 is 7.13. The molecule has 6 heteroatoms. The van der Waals surface area contributed by atoms with E-state index < -0.39 is 0 Å². The monoisotopic (exact) mass is 484 g/mol. The highest BCUT2D eigenvalue weighted by molar-refractivity contribution is 14.1. The molecule has 0 bridgehead atoms. The molecule has 142 valence electrons. The van der Waals surface area contributed by atoms with Crippen LogP contribution in [-0.2, 0) is 6.42 Å². The Morgan fingerprint density at radius 2 is 2.00 bits per heavy atom. The number of pyridine rings is 1. The molecule has 2 aromatic carbocycles. The van der Waals surface area contributed by atoms with Crippen molar-refractivity contribution in [2.24, 2.45) is 5.73 Å². The molecular weight excluding hydrogens is 463 g/mol. The summed E-state index contributed by atoms with van der Waals surface area (Å²) in [6, 6.07) is 16.5. The van der Waals surface area contributed by atoms with Gasteiger partial charge in [-0.1, -0.05) is 18.2 Å². The number of ether oxygens (including phenoxy) is 1. The van der Waals surface area contributed by atoms with E-state index in [9.17, 15) is 0 Å². The van der Waals surface area contributed by atoms with E-state index in [2.05, 4.69) is 74.2 Å². The molecule has 2 aromatic heterocycles. The summed E-state index contributed by atoms with van der Waals surface area (Å²) in [6.07, 6.45) is 4.35. The maximum atomic E-state index is 6.26. The number of aromatic nitrogens is 3. The van der Waals surface area contributed by atoms with Gasteiger partial charge in [0.15, 0.2) is 0 Å². The topological polar surface area (TPSA) is 76.8 Å². The van der Waals surface area contributed by atoms with Crippen LogP contribution in [-0.4, -0.2) is 27.8 Å². The van der Waals surface area contributed by atoms with Crippen LogP contribution in [0, 0.1) is 10.5 Å². The molecule has 0 spiro atoms. The van der Waals surface area contributed by atoms with E-state index in [1.165, 1.54) is 9.13 Å². The second-order valence-corrected chi connectivity index (χ2v) is 8.13. The van der Waals surface area contributed by atoms with Crippen molar-refractivity contribution >= 4 is 33.5 Å². The molecule has 0 aliphatic carbocycles. The molecule has 0 fully saturated rings. The van der Waals surface area contributed by atoms with Gasteiger partial charge in [-0.05, 0) is 77.4 Å². The minimum atomic E-state index is -0.0770. The van der Waals surface area contributed by atoms with Crippen molar-refractivity contribution in [3.63, 3.8) is 0 Å².